The highest BCUT2D eigenvalue weighted by molar-refractivity contribution is 6.31. The molecule has 28 heavy (non-hydrogen) atoms. The molecule has 0 aliphatic heterocycles. The second kappa shape index (κ2) is 8.57. The van der Waals surface area contributed by atoms with Crippen molar-refractivity contribution in [3.63, 3.8) is 0 Å². The number of carbonyl (C=O) groups is 1. The summed E-state index contributed by atoms with van der Waals surface area (Å²) in [6, 6.07) is 7.93. The van der Waals surface area contributed by atoms with Crippen LogP contribution in [-0.2, 0) is 11.0 Å². The monoisotopic (exact) mass is 415 g/mol. The lowest BCUT2D eigenvalue weighted by Gasteiger charge is -2.21. The molecule has 0 heterocycles. The molecule has 0 radical (unpaired) electrons. The van der Waals surface area contributed by atoms with Gasteiger partial charge in [-0.2, -0.15) is 13.2 Å². The van der Waals surface area contributed by atoms with Gasteiger partial charge in [0.2, 0.25) is 5.91 Å². The van der Waals surface area contributed by atoms with Crippen LogP contribution in [0.3, 0.4) is 0 Å². The number of rotatable bonds is 6. The van der Waals surface area contributed by atoms with Crippen LogP contribution >= 0.6 is 11.6 Å². The Balaban J connectivity index is 2.17. The van der Waals surface area contributed by atoms with Crippen LogP contribution in [0.2, 0.25) is 5.02 Å². The van der Waals surface area contributed by atoms with Crippen molar-refractivity contribution in [1.82, 2.24) is 5.32 Å². The number of alkyl halides is 3. The molecule has 6 nitrogen and oxygen atoms in total. The molecule has 0 bridgehead atoms. The van der Waals surface area contributed by atoms with Crippen LogP contribution in [0, 0.1) is 10.1 Å². The molecule has 0 saturated carbocycles. The van der Waals surface area contributed by atoms with Crippen molar-refractivity contribution in [2.24, 2.45) is 0 Å². The number of amides is 1. The molecule has 0 unspecified atom stereocenters. The van der Waals surface area contributed by atoms with E-state index in [0.29, 0.717) is 11.1 Å². The van der Waals surface area contributed by atoms with E-state index in [-0.39, 0.29) is 6.04 Å². The van der Waals surface area contributed by atoms with E-state index in [1.165, 1.54) is 6.92 Å². The molecule has 2 aromatic rings. The molecule has 0 spiro atoms. The predicted octanol–water partition coefficient (Wildman–Crippen LogP) is 4.94. The second-order valence-electron chi connectivity index (χ2n) is 6.11. The zero-order valence-electron chi connectivity index (χ0n) is 14.9. The number of benzene rings is 2. The highest BCUT2D eigenvalue weighted by atomic mass is 35.5. The van der Waals surface area contributed by atoms with Gasteiger partial charge in [0.15, 0.2) is 0 Å². The van der Waals surface area contributed by atoms with Gasteiger partial charge in [-0.15, -0.1) is 0 Å². The summed E-state index contributed by atoms with van der Waals surface area (Å²) in [5.74, 6) is -0.724. The van der Waals surface area contributed by atoms with Gasteiger partial charge in [-0.1, -0.05) is 29.8 Å². The number of nitrogens with zero attached hydrogens (tertiary/aromatic N) is 1. The maximum absolute atomic E-state index is 13.2. The minimum Gasteiger partial charge on any atom is -0.324 e. The number of anilines is 1. The molecule has 2 aromatic carbocycles. The number of hydrogen-bond donors (Lipinski definition) is 2. The van der Waals surface area contributed by atoms with E-state index in [2.05, 4.69) is 10.6 Å². The highest BCUT2D eigenvalue weighted by Crippen LogP contribution is 2.37. The molecular formula is C18H17ClF3N3O3. The van der Waals surface area contributed by atoms with Gasteiger partial charge >= 0.3 is 6.18 Å². The summed E-state index contributed by atoms with van der Waals surface area (Å²) in [6.07, 6.45) is -4.86. The van der Waals surface area contributed by atoms with Crippen molar-refractivity contribution >= 4 is 28.9 Å². The van der Waals surface area contributed by atoms with Crippen LogP contribution in [-0.4, -0.2) is 16.9 Å². The van der Waals surface area contributed by atoms with Crippen molar-refractivity contribution < 1.29 is 22.9 Å². The van der Waals surface area contributed by atoms with Gasteiger partial charge in [-0.3, -0.25) is 20.2 Å². The molecular weight excluding hydrogens is 399 g/mol. The smallest absolute Gasteiger partial charge is 0.324 e. The number of carbonyl (C=O) groups excluding carboxylic acids is 1. The van der Waals surface area contributed by atoms with Crippen LogP contribution in [0.4, 0.5) is 24.5 Å². The Bertz CT molecular complexity index is 890. The molecule has 150 valence electrons. The molecule has 2 N–H and O–H groups in total. The van der Waals surface area contributed by atoms with Crippen molar-refractivity contribution in [3.8, 4) is 0 Å². The van der Waals surface area contributed by atoms with Crippen LogP contribution < -0.4 is 10.6 Å². The Hall–Kier alpha value is -2.65. The average molecular weight is 416 g/mol. The highest BCUT2D eigenvalue weighted by Gasteiger charge is 2.36. The summed E-state index contributed by atoms with van der Waals surface area (Å²) in [6.45, 7) is 3.25. The van der Waals surface area contributed by atoms with E-state index in [1.54, 1.807) is 31.2 Å². The lowest BCUT2D eigenvalue weighted by atomic mass is 10.1. The topological polar surface area (TPSA) is 84.3 Å². The quantitative estimate of drug-likeness (QED) is 0.516. The van der Waals surface area contributed by atoms with Gasteiger partial charge in [-0.25, -0.2) is 0 Å². The third-order valence-corrected chi connectivity index (χ3v) is 4.39. The molecule has 2 atom stereocenters. The summed E-state index contributed by atoms with van der Waals surface area (Å²) < 4.78 is 39.6. The third kappa shape index (κ3) is 5.20. The van der Waals surface area contributed by atoms with Gasteiger partial charge in [0.1, 0.15) is 0 Å². The minimum absolute atomic E-state index is 0.339. The number of non-ortho nitro benzene ring substituents is 1. The van der Waals surface area contributed by atoms with E-state index in [0.717, 1.165) is 17.7 Å². The molecule has 1 amide bonds. The summed E-state index contributed by atoms with van der Waals surface area (Å²) >= 11 is 6.10. The third-order valence-electron chi connectivity index (χ3n) is 4.04. The first-order valence-corrected chi connectivity index (χ1v) is 8.55. The first kappa shape index (κ1) is 21.6. The Morgan fingerprint density at radius 1 is 1.18 bits per heavy atom. The van der Waals surface area contributed by atoms with Crippen molar-refractivity contribution in [2.75, 3.05) is 5.32 Å². The SMILES string of the molecule is C[C@H](N[C@H](C)C(=O)Nc1ccc([N+](=O)[O-])cc1C(F)(F)F)c1ccccc1Cl. The number of hydrogen-bond acceptors (Lipinski definition) is 4. The summed E-state index contributed by atoms with van der Waals surface area (Å²) in [7, 11) is 0. The van der Waals surface area contributed by atoms with E-state index in [9.17, 15) is 28.1 Å². The van der Waals surface area contributed by atoms with Crippen molar-refractivity contribution in [1.29, 1.82) is 0 Å². The normalized spacial score (nSPS) is 13.6. The number of nitro benzene ring substituents is 1. The molecule has 0 aliphatic carbocycles. The van der Waals surface area contributed by atoms with E-state index < -0.39 is 40.0 Å². The average Bonchev–Trinajstić information content (AvgIpc) is 2.61. The zero-order valence-corrected chi connectivity index (χ0v) is 15.6. The first-order chi connectivity index (χ1) is 13.0. The van der Waals surface area contributed by atoms with Crippen LogP contribution in [0.1, 0.15) is 31.0 Å². The van der Waals surface area contributed by atoms with E-state index in [1.807, 2.05) is 0 Å². The number of halogens is 4. The second-order valence-corrected chi connectivity index (χ2v) is 6.51. The fourth-order valence-electron chi connectivity index (χ4n) is 2.60. The molecule has 2 rings (SSSR count). The maximum Gasteiger partial charge on any atom is 0.418 e. The summed E-state index contributed by atoms with van der Waals surface area (Å²) in [5, 5.41) is 16.4. The minimum atomic E-state index is -4.86. The molecule has 0 aliphatic rings. The van der Waals surface area contributed by atoms with Crippen LogP contribution in [0.5, 0.6) is 0 Å². The summed E-state index contributed by atoms with van der Waals surface area (Å²) in [4.78, 5) is 22.2. The zero-order chi connectivity index (χ0) is 21.1. The van der Waals surface area contributed by atoms with Crippen molar-refractivity contribution in [3.05, 3.63) is 68.7 Å². The largest absolute Gasteiger partial charge is 0.418 e. The molecule has 0 saturated heterocycles. The van der Waals surface area contributed by atoms with Crippen molar-refractivity contribution in [2.45, 2.75) is 32.1 Å². The van der Waals surface area contributed by atoms with Crippen LogP contribution in [0.15, 0.2) is 42.5 Å². The fraction of sp³-hybridized carbons (Fsp3) is 0.278. The lowest BCUT2D eigenvalue weighted by molar-refractivity contribution is -0.385. The van der Waals surface area contributed by atoms with Crippen LogP contribution in [0.25, 0.3) is 0 Å². The molecule has 0 fully saturated rings. The van der Waals surface area contributed by atoms with Gasteiger partial charge < -0.3 is 5.32 Å². The predicted molar refractivity (Wildman–Crippen MR) is 99.2 cm³/mol. The van der Waals surface area contributed by atoms with Gasteiger partial charge in [0.25, 0.3) is 5.69 Å². The first-order valence-electron chi connectivity index (χ1n) is 8.17. The fourth-order valence-corrected chi connectivity index (χ4v) is 2.90. The Labute approximate surface area is 163 Å². The maximum atomic E-state index is 13.2. The summed E-state index contributed by atoms with van der Waals surface area (Å²) in [5.41, 5.74) is -1.83. The van der Waals surface area contributed by atoms with Gasteiger partial charge in [0.05, 0.1) is 22.2 Å². The van der Waals surface area contributed by atoms with Gasteiger partial charge in [-0.05, 0) is 31.5 Å². The lowest BCUT2D eigenvalue weighted by Crippen LogP contribution is -2.39. The standard InChI is InChI=1S/C18H17ClF3N3O3/c1-10(13-5-3-4-6-15(13)19)23-11(2)17(26)24-16-8-7-12(25(27)28)9-14(16)18(20,21)22/h3-11,23H,1-2H3,(H,24,26)/t10-,11+/m0/s1. The van der Waals surface area contributed by atoms with Gasteiger partial charge in [0, 0.05) is 23.2 Å². The Morgan fingerprint density at radius 2 is 1.82 bits per heavy atom. The molecule has 10 heteroatoms. The number of nitro groups is 1. The molecule has 0 aromatic heterocycles. The Kier molecular flexibility index (Phi) is 6.63. The number of nitrogens with one attached hydrogen (secondary N) is 2. The van der Waals surface area contributed by atoms with E-state index in [4.69, 9.17) is 11.6 Å². The Morgan fingerprint density at radius 3 is 2.39 bits per heavy atom. The van der Waals surface area contributed by atoms with E-state index >= 15 is 0 Å².